The van der Waals surface area contributed by atoms with Gasteiger partial charge in [0.05, 0.1) is 12.3 Å². The predicted octanol–water partition coefficient (Wildman–Crippen LogP) is 1.24. The van der Waals surface area contributed by atoms with Gasteiger partial charge in [-0.25, -0.2) is 0 Å². The first-order chi connectivity index (χ1) is 11.1. The number of hydrogen-bond acceptors (Lipinski definition) is 4. The van der Waals surface area contributed by atoms with Gasteiger partial charge in [-0.15, -0.1) is 0 Å². The molecule has 2 saturated heterocycles. The average molecular weight is 320 g/mol. The van der Waals surface area contributed by atoms with E-state index in [1.54, 1.807) is 0 Å². The van der Waals surface area contributed by atoms with Crippen LogP contribution in [0.4, 0.5) is 0 Å². The quantitative estimate of drug-likeness (QED) is 0.837. The fourth-order valence-corrected chi connectivity index (χ4v) is 3.55. The van der Waals surface area contributed by atoms with Gasteiger partial charge in [-0.2, -0.15) is 5.10 Å². The fourth-order valence-electron chi connectivity index (χ4n) is 3.55. The summed E-state index contributed by atoms with van der Waals surface area (Å²) >= 11 is 0. The molecule has 0 saturated carbocycles. The molecule has 0 bridgehead atoms. The van der Waals surface area contributed by atoms with Crippen LogP contribution in [0.5, 0.6) is 0 Å². The van der Waals surface area contributed by atoms with Gasteiger partial charge in [-0.3, -0.25) is 9.48 Å². The van der Waals surface area contributed by atoms with Crippen molar-refractivity contribution in [2.45, 2.75) is 37.7 Å². The number of amides is 1. The van der Waals surface area contributed by atoms with E-state index in [-0.39, 0.29) is 18.6 Å². The van der Waals surface area contributed by atoms with Crippen molar-refractivity contribution in [2.75, 3.05) is 39.8 Å². The number of ether oxygens (including phenoxy) is 1. The van der Waals surface area contributed by atoms with E-state index < -0.39 is 0 Å². The number of aryl methyl sites for hydroxylation is 1. The lowest BCUT2D eigenvalue weighted by Crippen LogP contribution is -2.41. The molecule has 1 aromatic rings. The van der Waals surface area contributed by atoms with Gasteiger partial charge < -0.3 is 14.5 Å². The van der Waals surface area contributed by atoms with Gasteiger partial charge in [0, 0.05) is 39.4 Å². The smallest absolute Gasteiger partial charge is 0.248 e. The lowest BCUT2D eigenvalue weighted by atomic mass is 9.91. The van der Waals surface area contributed by atoms with E-state index in [0.29, 0.717) is 5.92 Å². The summed E-state index contributed by atoms with van der Waals surface area (Å²) in [6.07, 6.45) is 8.40. The Balaban J connectivity index is 1.40. The van der Waals surface area contributed by atoms with Crippen molar-refractivity contribution in [1.82, 2.24) is 19.6 Å². The van der Waals surface area contributed by atoms with Gasteiger partial charge in [-0.1, -0.05) is 0 Å². The first kappa shape index (κ1) is 16.5. The van der Waals surface area contributed by atoms with Crippen molar-refractivity contribution in [3.63, 3.8) is 0 Å². The maximum Gasteiger partial charge on any atom is 0.248 e. The second-order valence-corrected chi connectivity index (χ2v) is 6.92. The van der Waals surface area contributed by atoms with Gasteiger partial charge >= 0.3 is 0 Å². The lowest BCUT2D eigenvalue weighted by molar-refractivity contribution is -0.140. The summed E-state index contributed by atoms with van der Waals surface area (Å²) in [5.74, 6) is 0.677. The number of aromatic nitrogens is 2. The van der Waals surface area contributed by atoms with Crippen LogP contribution in [0.3, 0.4) is 0 Å². The van der Waals surface area contributed by atoms with Crippen molar-refractivity contribution in [2.24, 2.45) is 7.05 Å². The predicted molar refractivity (Wildman–Crippen MR) is 88.2 cm³/mol. The Labute approximate surface area is 138 Å². The minimum Gasteiger partial charge on any atom is -0.368 e. The van der Waals surface area contributed by atoms with E-state index >= 15 is 0 Å². The summed E-state index contributed by atoms with van der Waals surface area (Å²) in [5, 5.41) is 4.25. The fraction of sp³-hybridized carbons (Fsp3) is 0.765. The Morgan fingerprint density at radius 3 is 2.48 bits per heavy atom. The summed E-state index contributed by atoms with van der Waals surface area (Å²) in [7, 11) is 4.08. The van der Waals surface area contributed by atoms with Crippen LogP contribution in [0, 0.1) is 0 Å². The molecular formula is C17H28N4O2. The molecule has 3 rings (SSSR count). The van der Waals surface area contributed by atoms with Crippen LogP contribution in [0.2, 0.25) is 0 Å². The van der Waals surface area contributed by atoms with Crippen molar-refractivity contribution in [1.29, 1.82) is 0 Å². The average Bonchev–Trinajstić information content (AvgIpc) is 3.01. The van der Waals surface area contributed by atoms with E-state index in [1.807, 2.05) is 22.8 Å². The summed E-state index contributed by atoms with van der Waals surface area (Å²) < 4.78 is 7.68. The molecule has 23 heavy (non-hydrogen) atoms. The number of nitrogens with zero attached hydrogens (tertiary/aromatic N) is 4. The highest BCUT2D eigenvalue weighted by atomic mass is 16.5. The summed E-state index contributed by atoms with van der Waals surface area (Å²) in [6.45, 7) is 4.03. The Bertz CT molecular complexity index is 514. The molecule has 1 amide bonds. The van der Waals surface area contributed by atoms with Gasteiger partial charge in [0.15, 0.2) is 0 Å². The minimum atomic E-state index is 0.147. The number of carbonyl (C=O) groups excluding carboxylic acids is 1. The van der Waals surface area contributed by atoms with Crippen LogP contribution in [-0.4, -0.2) is 71.4 Å². The molecule has 6 nitrogen and oxygen atoms in total. The molecule has 0 radical (unpaired) electrons. The van der Waals surface area contributed by atoms with Crippen LogP contribution in [0.1, 0.15) is 37.2 Å². The van der Waals surface area contributed by atoms with Crippen molar-refractivity contribution < 1.29 is 9.53 Å². The largest absolute Gasteiger partial charge is 0.368 e. The van der Waals surface area contributed by atoms with Gasteiger partial charge in [0.25, 0.3) is 0 Å². The van der Waals surface area contributed by atoms with Gasteiger partial charge in [-0.05, 0) is 44.2 Å². The molecule has 0 N–H and O–H groups in total. The second-order valence-electron chi connectivity index (χ2n) is 6.92. The summed E-state index contributed by atoms with van der Waals surface area (Å²) in [6, 6.07) is 0. The number of piperidine rings is 2. The Morgan fingerprint density at radius 2 is 1.87 bits per heavy atom. The second kappa shape index (κ2) is 7.45. The van der Waals surface area contributed by atoms with Crippen LogP contribution in [0.15, 0.2) is 12.4 Å². The Kier molecular flexibility index (Phi) is 5.33. The first-order valence-electron chi connectivity index (χ1n) is 8.68. The molecule has 2 aliphatic heterocycles. The van der Waals surface area contributed by atoms with E-state index in [1.165, 1.54) is 5.56 Å². The molecule has 1 aromatic heterocycles. The normalized spacial score (nSPS) is 21.7. The lowest BCUT2D eigenvalue weighted by Gasteiger charge is -2.33. The van der Waals surface area contributed by atoms with Crippen LogP contribution >= 0.6 is 0 Å². The highest BCUT2D eigenvalue weighted by molar-refractivity contribution is 5.77. The SMILES string of the molecule is CN1CCC(OCC(=O)N2CCC(c3cnn(C)c3)CC2)CC1. The molecule has 3 heterocycles. The topological polar surface area (TPSA) is 50.6 Å². The molecule has 6 heteroatoms. The monoisotopic (exact) mass is 320 g/mol. The first-order valence-corrected chi connectivity index (χ1v) is 8.68. The zero-order valence-corrected chi connectivity index (χ0v) is 14.3. The van der Waals surface area contributed by atoms with E-state index in [9.17, 15) is 4.79 Å². The summed E-state index contributed by atoms with van der Waals surface area (Å²) in [5.41, 5.74) is 1.29. The van der Waals surface area contributed by atoms with Gasteiger partial charge in [0.2, 0.25) is 5.91 Å². The number of carbonyl (C=O) groups is 1. The Hall–Kier alpha value is -1.40. The summed E-state index contributed by atoms with van der Waals surface area (Å²) in [4.78, 5) is 16.6. The third kappa shape index (κ3) is 4.32. The standard InChI is InChI=1S/C17H28N4O2/c1-19-7-5-16(6-8-19)23-13-17(22)21-9-3-14(4-10-21)15-11-18-20(2)12-15/h11-12,14,16H,3-10,13H2,1-2H3. The maximum atomic E-state index is 12.3. The highest BCUT2D eigenvalue weighted by Gasteiger charge is 2.25. The molecule has 128 valence electrons. The molecule has 0 atom stereocenters. The van der Waals surface area contributed by atoms with Crippen LogP contribution in [-0.2, 0) is 16.6 Å². The minimum absolute atomic E-state index is 0.147. The Morgan fingerprint density at radius 1 is 1.17 bits per heavy atom. The zero-order valence-electron chi connectivity index (χ0n) is 14.3. The maximum absolute atomic E-state index is 12.3. The van der Waals surface area contributed by atoms with E-state index in [4.69, 9.17) is 4.74 Å². The van der Waals surface area contributed by atoms with E-state index in [0.717, 1.165) is 51.9 Å². The van der Waals surface area contributed by atoms with Crippen LogP contribution in [0.25, 0.3) is 0 Å². The van der Waals surface area contributed by atoms with Crippen LogP contribution < -0.4 is 0 Å². The molecule has 0 spiro atoms. The number of likely N-dealkylation sites (tertiary alicyclic amines) is 2. The molecule has 0 unspecified atom stereocenters. The molecule has 2 fully saturated rings. The molecule has 2 aliphatic rings. The van der Waals surface area contributed by atoms with E-state index in [2.05, 4.69) is 23.2 Å². The molecule has 0 aromatic carbocycles. The van der Waals surface area contributed by atoms with Crippen molar-refractivity contribution >= 4 is 5.91 Å². The highest BCUT2D eigenvalue weighted by Crippen LogP contribution is 2.27. The number of hydrogen-bond donors (Lipinski definition) is 0. The van der Waals surface area contributed by atoms with Gasteiger partial charge in [0.1, 0.15) is 6.61 Å². The third-order valence-electron chi connectivity index (χ3n) is 5.15. The molecule has 0 aliphatic carbocycles. The molecular weight excluding hydrogens is 292 g/mol. The zero-order chi connectivity index (χ0) is 16.2. The number of rotatable bonds is 4. The van der Waals surface area contributed by atoms with Crippen molar-refractivity contribution in [3.8, 4) is 0 Å². The third-order valence-corrected chi connectivity index (χ3v) is 5.15. The van der Waals surface area contributed by atoms with Crippen molar-refractivity contribution in [3.05, 3.63) is 18.0 Å².